The highest BCUT2D eigenvalue weighted by molar-refractivity contribution is 6.06. The standard InChI is InChI=1S/C26H30N4O4/c1-3-33-25(31)26(22-9-6-19(2)7-10-22)30-12-4-5-21(24(30)28-34-26)17-20-8-11-23(27-18-20)29-13-15-32-16-14-29/h6-11,17-18H,3-5,12-16H2,1-2H3. The quantitative estimate of drug-likeness (QED) is 0.630. The number of piperidine rings is 1. The average Bonchev–Trinajstić information content (AvgIpc) is 3.27. The molecule has 1 unspecified atom stereocenters. The minimum Gasteiger partial charge on any atom is -0.461 e. The van der Waals surface area contributed by atoms with E-state index in [9.17, 15) is 4.79 Å². The number of ether oxygens (including phenoxy) is 2. The van der Waals surface area contributed by atoms with Gasteiger partial charge in [-0.25, -0.2) is 9.78 Å². The van der Waals surface area contributed by atoms with Crippen molar-refractivity contribution in [1.82, 2.24) is 9.88 Å². The highest BCUT2D eigenvalue weighted by Crippen LogP contribution is 2.41. The lowest BCUT2D eigenvalue weighted by Gasteiger charge is -2.37. The number of carbonyl (C=O) groups excluding carboxylic acids is 1. The summed E-state index contributed by atoms with van der Waals surface area (Å²) in [6, 6.07) is 11.9. The van der Waals surface area contributed by atoms with Crippen LogP contribution in [0, 0.1) is 6.92 Å². The first-order chi connectivity index (χ1) is 16.6. The zero-order chi connectivity index (χ0) is 23.5. The molecular weight excluding hydrogens is 432 g/mol. The van der Waals surface area contributed by atoms with Crippen molar-refractivity contribution in [2.24, 2.45) is 5.16 Å². The molecule has 3 aliphatic rings. The molecule has 0 aliphatic carbocycles. The van der Waals surface area contributed by atoms with Crippen LogP contribution in [0.3, 0.4) is 0 Å². The third-order valence-electron chi connectivity index (χ3n) is 6.46. The number of aromatic nitrogens is 1. The summed E-state index contributed by atoms with van der Waals surface area (Å²) in [6.45, 7) is 7.89. The molecule has 178 valence electrons. The maximum absolute atomic E-state index is 13.3. The maximum atomic E-state index is 13.3. The van der Waals surface area contributed by atoms with Crippen LogP contribution in [-0.2, 0) is 24.8 Å². The van der Waals surface area contributed by atoms with Crippen molar-refractivity contribution in [2.75, 3.05) is 44.4 Å². The summed E-state index contributed by atoms with van der Waals surface area (Å²) in [7, 11) is 0. The number of oxime groups is 1. The lowest BCUT2D eigenvalue weighted by Crippen LogP contribution is -2.54. The number of amidine groups is 1. The molecule has 5 rings (SSSR count). The van der Waals surface area contributed by atoms with Crippen molar-refractivity contribution in [3.05, 3.63) is 64.9 Å². The van der Waals surface area contributed by atoms with Crippen LogP contribution < -0.4 is 4.90 Å². The highest BCUT2D eigenvalue weighted by atomic mass is 16.7. The fraction of sp³-hybridized carbons (Fsp3) is 0.423. The Bertz CT molecular complexity index is 1090. The van der Waals surface area contributed by atoms with Crippen LogP contribution in [0.15, 0.2) is 53.3 Å². The van der Waals surface area contributed by atoms with Crippen LogP contribution in [0.4, 0.5) is 5.82 Å². The Hall–Kier alpha value is -3.39. The van der Waals surface area contributed by atoms with Gasteiger partial charge in [-0.05, 0) is 56.0 Å². The number of fused-ring (bicyclic) bond motifs is 1. The number of hydrogen-bond donors (Lipinski definition) is 0. The predicted octanol–water partition coefficient (Wildman–Crippen LogP) is 3.47. The molecule has 0 amide bonds. The van der Waals surface area contributed by atoms with Crippen molar-refractivity contribution < 1.29 is 19.1 Å². The SMILES string of the molecule is CCOC(=O)C1(c2ccc(C)cc2)ON=C2C(=Cc3ccc(N4CCOCC4)nc3)CCCN21. The van der Waals surface area contributed by atoms with Gasteiger partial charge in [-0.2, -0.15) is 0 Å². The number of rotatable bonds is 5. The number of aryl methyl sites for hydroxylation is 1. The largest absolute Gasteiger partial charge is 0.461 e. The molecule has 0 bridgehead atoms. The van der Waals surface area contributed by atoms with Gasteiger partial charge in [-0.3, -0.25) is 0 Å². The second kappa shape index (κ2) is 9.46. The number of hydrogen-bond acceptors (Lipinski definition) is 8. The minimum absolute atomic E-state index is 0.267. The summed E-state index contributed by atoms with van der Waals surface area (Å²) in [6.07, 6.45) is 5.68. The first-order valence-electron chi connectivity index (χ1n) is 11.9. The zero-order valence-electron chi connectivity index (χ0n) is 19.7. The number of carbonyl (C=O) groups is 1. The molecule has 2 fully saturated rings. The van der Waals surface area contributed by atoms with E-state index in [2.05, 4.69) is 27.2 Å². The molecule has 34 heavy (non-hydrogen) atoms. The Balaban J connectivity index is 1.43. The normalized spacial score (nSPS) is 23.4. The summed E-state index contributed by atoms with van der Waals surface area (Å²) in [5.74, 6) is 1.19. The molecule has 0 spiro atoms. The summed E-state index contributed by atoms with van der Waals surface area (Å²) < 4.78 is 10.9. The van der Waals surface area contributed by atoms with Gasteiger partial charge in [0.2, 0.25) is 0 Å². The van der Waals surface area contributed by atoms with E-state index in [-0.39, 0.29) is 6.61 Å². The Morgan fingerprint density at radius 2 is 1.94 bits per heavy atom. The number of anilines is 1. The topological polar surface area (TPSA) is 76.5 Å². The molecule has 1 aromatic carbocycles. The smallest absolute Gasteiger partial charge is 0.380 e. The van der Waals surface area contributed by atoms with E-state index < -0.39 is 11.7 Å². The van der Waals surface area contributed by atoms with E-state index in [0.717, 1.165) is 61.7 Å². The molecule has 4 heterocycles. The van der Waals surface area contributed by atoms with Crippen molar-refractivity contribution in [3.8, 4) is 0 Å². The average molecular weight is 463 g/mol. The molecule has 8 heteroatoms. The molecule has 1 atom stereocenters. The summed E-state index contributed by atoms with van der Waals surface area (Å²) >= 11 is 0. The fourth-order valence-corrected chi connectivity index (χ4v) is 4.67. The predicted molar refractivity (Wildman–Crippen MR) is 129 cm³/mol. The second-order valence-electron chi connectivity index (χ2n) is 8.71. The van der Waals surface area contributed by atoms with Crippen LogP contribution in [0.25, 0.3) is 6.08 Å². The molecule has 0 saturated carbocycles. The number of esters is 1. The second-order valence-corrected chi connectivity index (χ2v) is 8.71. The van der Waals surface area contributed by atoms with Crippen molar-refractivity contribution in [2.45, 2.75) is 32.4 Å². The van der Waals surface area contributed by atoms with Gasteiger partial charge in [-0.1, -0.05) is 35.0 Å². The molecule has 8 nitrogen and oxygen atoms in total. The molecular formula is C26H30N4O4. The van der Waals surface area contributed by atoms with E-state index in [1.165, 1.54) is 0 Å². The molecule has 3 aliphatic heterocycles. The van der Waals surface area contributed by atoms with E-state index in [4.69, 9.17) is 14.3 Å². The van der Waals surface area contributed by atoms with Crippen LogP contribution in [0.2, 0.25) is 0 Å². The van der Waals surface area contributed by atoms with Gasteiger partial charge in [0.1, 0.15) is 5.82 Å². The van der Waals surface area contributed by atoms with E-state index in [1.54, 1.807) is 6.92 Å². The Kier molecular flexibility index (Phi) is 6.24. The van der Waals surface area contributed by atoms with Crippen molar-refractivity contribution in [3.63, 3.8) is 0 Å². The van der Waals surface area contributed by atoms with Crippen LogP contribution in [0.5, 0.6) is 0 Å². The fourth-order valence-electron chi connectivity index (χ4n) is 4.67. The van der Waals surface area contributed by atoms with Gasteiger partial charge in [0.05, 0.1) is 19.8 Å². The molecule has 0 N–H and O–H groups in total. The van der Waals surface area contributed by atoms with Crippen LogP contribution >= 0.6 is 0 Å². The van der Waals surface area contributed by atoms with Gasteiger partial charge in [-0.15, -0.1) is 0 Å². The first kappa shape index (κ1) is 22.4. The molecule has 2 aromatic rings. The molecule has 0 radical (unpaired) electrons. The summed E-state index contributed by atoms with van der Waals surface area (Å²) in [4.78, 5) is 28.0. The Labute approximate surface area is 199 Å². The first-order valence-corrected chi connectivity index (χ1v) is 11.9. The van der Waals surface area contributed by atoms with Gasteiger partial charge in [0.25, 0.3) is 0 Å². The third-order valence-corrected chi connectivity index (χ3v) is 6.46. The van der Waals surface area contributed by atoms with E-state index in [0.29, 0.717) is 17.9 Å². The number of benzene rings is 1. The minimum atomic E-state index is -1.41. The lowest BCUT2D eigenvalue weighted by atomic mass is 9.94. The molecule has 1 aromatic heterocycles. The van der Waals surface area contributed by atoms with Crippen LogP contribution in [-0.4, -0.2) is 61.1 Å². The third kappa shape index (κ3) is 4.03. The lowest BCUT2D eigenvalue weighted by molar-refractivity contribution is -0.189. The van der Waals surface area contributed by atoms with Crippen LogP contribution in [0.1, 0.15) is 36.5 Å². The van der Waals surface area contributed by atoms with Gasteiger partial charge < -0.3 is 24.1 Å². The van der Waals surface area contributed by atoms with Crippen molar-refractivity contribution >= 4 is 23.7 Å². The number of pyridine rings is 1. The molecule has 2 saturated heterocycles. The van der Waals surface area contributed by atoms with E-state index in [1.807, 2.05) is 48.4 Å². The zero-order valence-corrected chi connectivity index (χ0v) is 19.7. The van der Waals surface area contributed by atoms with Crippen molar-refractivity contribution in [1.29, 1.82) is 0 Å². The Morgan fingerprint density at radius 3 is 2.65 bits per heavy atom. The number of nitrogens with zero attached hydrogens (tertiary/aromatic N) is 4. The summed E-state index contributed by atoms with van der Waals surface area (Å²) in [5, 5.41) is 4.41. The highest BCUT2D eigenvalue weighted by Gasteiger charge is 2.56. The van der Waals surface area contributed by atoms with E-state index >= 15 is 0 Å². The maximum Gasteiger partial charge on any atom is 0.380 e. The van der Waals surface area contributed by atoms with Gasteiger partial charge >= 0.3 is 11.7 Å². The van der Waals surface area contributed by atoms with Gasteiger partial charge in [0, 0.05) is 31.4 Å². The monoisotopic (exact) mass is 462 g/mol. The summed E-state index contributed by atoms with van der Waals surface area (Å²) in [5.41, 5.74) is 2.42. The van der Waals surface area contributed by atoms with Gasteiger partial charge in [0.15, 0.2) is 5.84 Å². The Morgan fingerprint density at radius 1 is 1.15 bits per heavy atom. The number of morpholine rings is 1.